The number of rotatable bonds is 32. The molecule has 1 heterocycles. The van der Waals surface area contributed by atoms with Gasteiger partial charge in [0.05, 0.1) is 79.3 Å². The second-order valence-corrected chi connectivity index (χ2v) is 12.8. The molecule has 3 atom stereocenters. The van der Waals surface area contributed by atoms with E-state index in [-0.39, 0.29) is 77.6 Å². The highest BCUT2D eigenvalue weighted by Gasteiger charge is 2.39. The number of carbonyl (C=O) groups is 7. The second-order valence-electron chi connectivity index (χ2n) is 12.8. The molecule has 1 aliphatic heterocycles. The lowest BCUT2D eigenvalue weighted by atomic mass is 10.0. The molecule has 0 bridgehead atoms. The first-order valence-electron chi connectivity index (χ1n) is 19.2. The fraction of sp³-hybridized carbons (Fsp3) is 0.525. The fourth-order valence-corrected chi connectivity index (χ4v) is 5.51. The highest BCUT2D eigenvalue weighted by molar-refractivity contribution is 6.04. The molecular formula is C40H53N3O16. The Labute approximate surface area is 341 Å². The van der Waals surface area contributed by atoms with Crippen molar-refractivity contribution >= 4 is 41.5 Å². The first-order chi connectivity index (χ1) is 28.6. The van der Waals surface area contributed by atoms with Gasteiger partial charge in [0.15, 0.2) is 6.04 Å². The molecule has 1 aliphatic rings. The van der Waals surface area contributed by atoms with E-state index in [2.05, 4.69) is 10.6 Å². The maximum Gasteiger partial charge on any atom is 0.347 e. The Balaban J connectivity index is 1.12. The molecule has 4 amide bonds. The van der Waals surface area contributed by atoms with Gasteiger partial charge in [-0.1, -0.05) is 48.5 Å². The first-order valence-corrected chi connectivity index (χ1v) is 19.2. The number of nitrogens with one attached hydrogen (secondary N) is 2. The van der Waals surface area contributed by atoms with Crippen molar-refractivity contribution < 1.29 is 76.9 Å². The van der Waals surface area contributed by atoms with Gasteiger partial charge in [0.1, 0.15) is 6.04 Å². The SMILES string of the molecule is O=C(CCCC(=O)O[C@@H](C(=O)O)[C@@H](NC(=O)c1ccccc1)c1ccccc1)NCCOCCOCCOCCOCCOCCOCC(C(=O)O)N1C(=O)CCC1=O. The number of hydrogen-bond donors (Lipinski definition) is 4. The summed E-state index contributed by atoms with van der Waals surface area (Å²) in [5.74, 6) is -5.45. The number of benzene rings is 2. The van der Waals surface area contributed by atoms with Gasteiger partial charge in [-0.05, 0) is 24.1 Å². The van der Waals surface area contributed by atoms with E-state index >= 15 is 0 Å². The first kappa shape index (κ1) is 48.1. The quantitative estimate of drug-likeness (QED) is 0.0458. The summed E-state index contributed by atoms with van der Waals surface area (Å²) >= 11 is 0. The second kappa shape index (κ2) is 28.2. The van der Waals surface area contributed by atoms with Crippen LogP contribution in [0.15, 0.2) is 60.7 Å². The minimum absolute atomic E-state index is 0.00420. The third kappa shape index (κ3) is 18.9. The number of imide groups is 1. The number of hydrogen-bond acceptors (Lipinski definition) is 14. The van der Waals surface area contributed by atoms with Crippen molar-refractivity contribution in [3.8, 4) is 0 Å². The van der Waals surface area contributed by atoms with Crippen molar-refractivity contribution in [3.05, 3.63) is 71.8 Å². The molecule has 1 unspecified atom stereocenters. The van der Waals surface area contributed by atoms with E-state index in [1.807, 2.05) is 0 Å². The summed E-state index contributed by atoms with van der Waals surface area (Å²) in [5, 5.41) is 24.6. The highest BCUT2D eigenvalue weighted by atomic mass is 16.6. The van der Waals surface area contributed by atoms with Crippen LogP contribution in [0.2, 0.25) is 0 Å². The van der Waals surface area contributed by atoms with Gasteiger partial charge in [-0.2, -0.15) is 0 Å². The van der Waals surface area contributed by atoms with Gasteiger partial charge in [0.2, 0.25) is 23.8 Å². The van der Waals surface area contributed by atoms with E-state index in [1.54, 1.807) is 60.7 Å². The van der Waals surface area contributed by atoms with Crippen LogP contribution in [0.3, 0.4) is 0 Å². The van der Waals surface area contributed by atoms with Gasteiger partial charge in [0.25, 0.3) is 5.91 Å². The van der Waals surface area contributed by atoms with Crippen LogP contribution >= 0.6 is 0 Å². The summed E-state index contributed by atoms with van der Waals surface area (Å²) in [4.78, 5) is 85.6. The van der Waals surface area contributed by atoms with E-state index < -0.39 is 53.8 Å². The smallest absolute Gasteiger partial charge is 0.347 e. The summed E-state index contributed by atoms with van der Waals surface area (Å²) < 4.78 is 37.7. The topological polar surface area (TPSA) is 252 Å². The van der Waals surface area contributed by atoms with Crippen LogP contribution in [-0.4, -0.2) is 155 Å². The molecule has 2 aromatic carbocycles. The van der Waals surface area contributed by atoms with Gasteiger partial charge in [-0.3, -0.25) is 28.9 Å². The van der Waals surface area contributed by atoms with Crippen molar-refractivity contribution in [2.75, 3.05) is 85.8 Å². The lowest BCUT2D eigenvalue weighted by Crippen LogP contribution is -2.47. The van der Waals surface area contributed by atoms with Crippen LogP contribution in [0, 0.1) is 0 Å². The number of carboxylic acid groups (broad SMARTS) is 2. The number of ether oxygens (including phenoxy) is 7. The molecule has 0 aromatic heterocycles. The third-order valence-corrected chi connectivity index (χ3v) is 8.46. The summed E-state index contributed by atoms with van der Waals surface area (Å²) in [7, 11) is 0. The molecule has 59 heavy (non-hydrogen) atoms. The normalized spacial score (nSPS) is 14.1. The fourth-order valence-electron chi connectivity index (χ4n) is 5.51. The average Bonchev–Trinajstić information content (AvgIpc) is 3.56. The largest absolute Gasteiger partial charge is 0.480 e. The van der Waals surface area contributed by atoms with Crippen LogP contribution in [0.5, 0.6) is 0 Å². The average molecular weight is 832 g/mol. The molecule has 4 N–H and O–H groups in total. The lowest BCUT2D eigenvalue weighted by Gasteiger charge is -2.25. The standard InChI is InChI=1S/C40H53N3O16/c44-32(12-7-13-35(47)59-37(40(51)52)36(29-8-3-1-4-9-29)42-38(48)30-10-5-2-6-11-30)41-16-17-53-18-19-54-20-21-55-22-23-56-24-25-57-26-27-58-28-31(39(49)50)43-33(45)14-15-34(43)46/h1-6,8-11,31,36-37H,7,12-28H2,(H,41,44)(H,42,48)(H,49,50)(H,51,52)/t31?,36-,37+/m0/s1. The molecule has 1 saturated heterocycles. The number of carboxylic acids is 2. The zero-order chi connectivity index (χ0) is 42.7. The molecular weight excluding hydrogens is 778 g/mol. The molecule has 0 radical (unpaired) electrons. The Morgan fingerprint density at radius 2 is 1.12 bits per heavy atom. The van der Waals surface area contributed by atoms with Crippen LogP contribution in [0.25, 0.3) is 0 Å². The highest BCUT2D eigenvalue weighted by Crippen LogP contribution is 2.22. The monoisotopic (exact) mass is 831 g/mol. The number of nitrogens with zero attached hydrogens (tertiary/aromatic N) is 1. The van der Waals surface area contributed by atoms with Gasteiger partial charge in [-0.15, -0.1) is 0 Å². The number of esters is 1. The van der Waals surface area contributed by atoms with E-state index in [0.717, 1.165) is 4.90 Å². The van der Waals surface area contributed by atoms with Crippen molar-refractivity contribution in [2.45, 2.75) is 50.3 Å². The molecule has 0 saturated carbocycles. The Kier molecular flexibility index (Phi) is 22.9. The molecule has 0 spiro atoms. The zero-order valence-electron chi connectivity index (χ0n) is 32.8. The van der Waals surface area contributed by atoms with Crippen LogP contribution in [-0.2, 0) is 61.9 Å². The Morgan fingerprint density at radius 1 is 0.627 bits per heavy atom. The van der Waals surface area contributed by atoms with Crippen molar-refractivity contribution in [1.29, 1.82) is 0 Å². The van der Waals surface area contributed by atoms with Gasteiger partial charge in [-0.25, -0.2) is 9.59 Å². The maximum atomic E-state index is 12.9. The lowest BCUT2D eigenvalue weighted by molar-refractivity contribution is -0.166. The summed E-state index contributed by atoms with van der Waals surface area (Å²) in [6.07, 6.45) is -1.78. The maximum absolute atomic E-state index is 12.9. The van der Waals surface area contributed by atoms with Crippen LogP contribution < -0.4 is 10.6 Å². The number of carbonyl (C=O) groups excluding carboxylic acids is 5. The predicted molar refractivity (Wildman–Crippen MR) is 205 cm³/mol. The molecule has 3 rings (SSSR count). The van der Waals surface area contributed by atoms with Crippen molar-refractivity contribution in [2.24, 2.45) is 0 Å². The van der Waals surface area contributed by atoms with Gasteiger partial charge in [0, 0.05) is 37.8 Å². The van der Waals surface area contributed by atoms with E-state index in [4.69, 9.17) is 33.2 Å². The number of amides is 4. The number of aliphatic carboxylic acids is 2. The molecule has 19 nitrogen and oxygen atoms in total. The summed E-state index contributed by atoms with van der Waals surface area (Å²) in [5.41, 5.74) is 0.750. The Hall–Kier alpha value is -5.31. The molecule has 0 aliphatic carbocycles. The van der Waals surface area contributed by atoms with Crippen molar-refractivity contribution in [3.63, 3.8) is 0 Å². The van der Waals surface area contributed by atoms with E-state index in [0.29, 0.717) is 57.4 Å². The van der Waals surface area contributed by atoms with Gasteiger partial charge < -0.3 is 54.0 Å². The zero-order valence-corrected chi connectivity index (χ0v) is 32.8. The minimum atomic E-state index is -1.71. The summed E-state index contributed by atoms with van der Waals surface area (Å²) in [6, 6.07) is 14.1. The Morgan fingerprint density at radius 3 is 1.63 bits per heavy atom. The van der Waals surface area contributed by atoms with E-state index in [9.17, 15) is 43.8 Å². The minimum Gasteiger partial charge on any atom is -0.480 e. The molecule has 1 fully saturated rings. The summed E-state index contributed by atoms with van der Waals surface area (Å²) in [6.45, 7) is 3.04. The predicted octanol–water partition coefficient (Wildman–Crippen LogP) is 1.14. The van der Waals surface area contributed by atoms with Crippen LogP contribution in [0.1, 0.15) is 54.1 Å². The molecule has 324 valence electrons. The third-order valence-electron chi connectivity index (χ3n) is 8.46. The van der Waals surface area contributed by atoms with Gasteiger partial charge >= 0.3 is 17.9 Å². The Bertz CT molecular complexity index is 1600. The van der Waals surface area contributed by atoms with E-state index in [1.165, 1.54) is 0 Å². The van der Waals surface area contributed by atoms with Crippen LogP contribution in [0.4, 0.5) is 0 Å². The number of likely N-dealkylation sites (tertiary alicyclic amines) is 1. The molecule has 2 aromatic rings. The van der Waals surface area contributed by atoms with Crippen molar-refractivity contribution in [1.82, 2.24) is 15.5 Å². The molecule has 19 heteroatoms.